The highest BCUT2D eigenvalue weighted by atomic mass is 31.1. The number of unbranched alkanes of at least 4 members (excludes halogenated alkanes) is 2. The molecule has 1 nitrogen and oxygen atoms in total. The van der Waals surface area contributed by atoms with Crippen molar-refractivity contribution in [2.24, 2.45) is 0 Å². The van der Waals surface area contributed by atoms with Crippen LogP contribution in [-0.2, 0) is 22.6 Å². The number of hydrogen-bond donors (Lipinski definition) is 0. The van der Waals surface area contributed by atoms with Gasteiger partial charge in [0.25, 0.3) is 0 Å². The maximum Gasteiger partial charge on any atom is 0.134 e. The van der Waals surface area contributed by atoms with E-state index in [1.54, 1.807) is 0 Å². The normalized spacial score (nSPS) is 14.1. The van der Waals surface area contributed by atoms with Crippen LogP contribution < -0.4 is 10.0 Å². The van der Waals surface area contributed by atoms with Crippen LogP contribution >= 0.6 is 8.58 Å². The van der Waals surface area contributed by atoms with Gasteiger partial charge in [-0.2, -0.15) is 0 Å². The molecule has 3 aromatic rings. The minimum absolute atomic E-state index is 0.0274. The summed E-state index contributed by atoms with van der Waals surface area (Å²) in [4.78, 5) is 0. The maximum atomic E-state index is 16.1. The summed E-state index contributed by atoms with van der Waals surface area (Å²) in [6.07, 6.45) is 4.41. The molecule has 3 heteroatoms. The van der Waals surface area contributed by atoms with Gasteiger partial charge in [-0.3, -0.25) is 0 Å². The van der Waals surface area contributed by atoms with Crippen molar-refractivity contribution in [1.82, 2.24) is 0 Å². The maximum absolute atomic E-state index is 16.1. The highest BCUT2D eigenvalue weighted by Crippen LogP contribution is 2.53. The van der Waals surface area contributed by atoms with Gasteiger partial charge in [-0.25, -0.2) is 4.39 Å². The van der Waals surface area contributed by atoms with Crippen molar-refractivity contribution in [2.75, 3.05) is 0 Å². The third-order valence-electron chi connectivity index (χ3n) is 8.88. The van der Waals surface area contributed by atoms with E-state index in [9.17, 15) is 0 Å². The van der Waals surface area contributed by atoms with E-state index >= 15 is 4.39 Å². The van der Waals surface area contributed by atoms with Gasteiger partial charge in [0.15, 0.2) is 0 Å². The van der Waals surface area contributed by atoms with E-state index in [-0.39, 0.29) is 21.8 Å². The molecule has 0 fully saturated rings. The summed E-state index contributed by atoms with van der Waals surface area (Å²) in [6, 6.07) is 15.2. The van der Waals surface area contributed by atoms with Crippen molar-refractivity contribution in [3.05, 3.63) is 92.8 Å². The summed E-state index contributed by atoms with van der Waals surface area (Å²) >= 11 is 0. The second kappa shape index (κ2) is 13.0. The number of rotatable bonds is 10. The predicted octanol–water partition coefficient (Wildman–Crippen LogP) is 11.0. The van der Waals surface area contributed by atoms with Crippen molar-refractivity contribution < 1.29 is 9.13 Å². The fourth-order valence-electron chi connectivity index (χ4n) is 5.60. The molecule has 0 saturated carbocycles. The Labute approximate surface area is 252 Å². The van der Waals surface area contributed by atoms with Crippen molar-refractivity contribution in [3.63, 3.8) is 0 Å². The Kier molecular flexibility index (Phi) is 10.6. The predicted molar refractivity (Wildman–Crippen MR) is 179 cm³/mol. The van der Waals surface area contributed by atoms with Crippen molar-refractivity contribution in [2.45, 2.75) is 131 Å². The van der Waals surface area contributed by atoms with Crippen molar-refractivity contribution in [3.8, 4) is 5.75 Å². The summed E-state index contributed by atoms with van der Waals surface area (Å²) in [5.41, 5.74) is 8.94. The van der Waals surface area contributed by atoms with Gasteiger partial charge in [0.05, 0.1) is 0 Å². The van der Waals surface area contributed by atoms with Crippen LogP contribution in [0, 0.1) is 33.5 Å². The van der Waals surface area contributed by atoms with Gasteiger partial charge < -0.3 is 4.74 Å². The Hall–Kier alpha value is -2.18. The largest absolute Gasteiger partial charge is 0.488 e. The summed E-state index contributed by atoms with van der Waals surface area (Å²) < 4.78 is 23.0. The van der Waals surface area contributed by atoms with Crippen LogP contribution in [0.3, 0.4) is 0 Å². The monoisotopic (exact) mass is 576 g/mol. The molecule has 0 N–H and O–H groups in total. The molecule has 0 aliphatic heterocycles. The van der Waals surface area contributed by atoms with Crippen LogP contribution in [0.5, 0.6) is 5.75 Å². The van der Waals surface area contributed by atoms with Gasteiger partial charge in [-0.05, 0) is 78.3 Å². The summed E-state index contributed by atoms with van der Waals surface area (Å²) in [6.45, 7) is 27.1. The molecule has 41 heavy (non-hydrogen) atoms. The quantitative estimate of drug-likeness (QED) is 0.172. The molecule has 0 spiro atoms. The first-order valence-electron chi connectivity index (χ1n) is 15.4. The van der Waals surface area contributed by atoms with Gasteiger partial charge in [0.1, 0.15) is 18.2 Å². The molecule has 0 bridgehead atoms. The fraction of sp³-hybridized carbons (Fsp3) is 0.526. The van der Waals surface area contributed by atoms with E-state index in [2.05, 4.69) is 106 Å². The molecule has 0 heterocycles. The van der Waals surface area contributed by atoms with Crippen LogP contribution in [0.4, 0.5) is 4.39 Å². The molecule has 0 amide bonds. The molecular weight excluding hydrogens is 522 g/mol. The Bertz CT molecular complexity index is 1310. The second-order valence-corrected chi connectivity index (χ2v) is 16.1. The molecule has 2 atom stereocenters. The van der Waals surface area contributed by atoms with Gasteiger partial charge >= 0.3 is 0 Å². The molecule has 0 saturated heterocycles. The number of benzene rings is 3. The topological polar surface area (TPSA) is 9.23 Å². The van der Waals surface area contributed by atoms with E-state index in [1.165, 1.54) is 28.7 Å². The number of hydrogen-bond acceptors (Lipinski definition) is 1. The summed E-state index contributed by atoms with van der Waals surface area (Å²) in [7, 11) is 0.296. The molecule has 2 unspecified atom stereocenters. The van der Waals surface area contributed by atoms with E-state index in [0.29, 0.717) is 15.2 Å². The van der Waals surface area contributed by atoms with Gasteiger partial charge in [0.2, 0.25) is 0 Å². The van der Waals surface area contributed by atoms with Crippen LogP contribution in [-0.4, -0.2) is 0 Å². The SMILES string of the molecule is CCCCCC(C)(Pc1c(C)c(C)c(C)c(C)c1F)c1cc(C(C)(C)C)cc(C(C)(C)C)c1OCc1ccccc1. The fourth-order valence-corrected chi connectivity index (χ4v) is 7.44. The van der Waals surface area contributed by atoms with Crippen molar-refractivity contribution >= 4 is 13.9 Å². The van der Waals surface area contributed by atoms with Gasteiger partial charge in [-0.1, -0.05) is 126 Å². The molecule has 3 aromatic carbocycles. The minimum Gasteiger partial charge on any atom is -0.488 e. The minimum atomic E-state index is -0.276. The van der Waals surface area contributed by atoms with Gasteiger partial charge in [-0.15, -0.1) is 0 Å². The lowest BCUT2D eigenvalue weighted by Crippen LogP contribution is -2.27. The van der Waals surface area contributed by atoms with E-state index in [4.69, 9.17) is 4.74 Å². The second-order valence-electron chi connectivity index (χ2n) is 14.3. The van der Waals surface area contributed by atoms with E-state index < -0.39 is 0 Å². The smallest absolute Gasteiger partial charge is 0.134 e. The van der Waals surface area contributed by atoms with E-state index in [0.717, 1.165) is 52.6 Å². The Morgan fingerprint density at radius 1 is 0.732 bits per heavy atom. The highest BCUT2D eigenvalue weighted by Gasteiger charge is 2.36. The molecule has 0 aliphatic carbocycles. The first kappa shape index (κ1) is 33.3. The Balaban J connectivity index is 2.34. The number of halogens is 1. The molecule has 0 radical (unpaired) electrons. The summed E-state index contributed by atoms with van der Waals surface area (Å²) in [5.74, 6) is 0.958. The molecule has 0 aliphatic rings. The van der Waals surface area contributed by atoms with E-state index in [1.807, 2.05) is 19.9 Å². The first-order chi connectivity index (χ1) is 19.0. The van der Waals surface area contributed by atoms with Gasteiger partial charge in [0, 0.05) is 21.6 Å². The van der Waals surface area contributed by atoms with Crippen LogP contribution in [0.2, 0.25) is 0 Å². The molecule has 3 rings (SSSR count). The lowest BCUT2D eigenvalue weighted by Gasteiger charge is -2.37. The average molecular weight is 577 g/mol. The number of ether oxygens (including phenoxy) is 1. The summed E-state index contributed by atoms with van der Waals surface area (Å²) in [5, 5.41) is 0.611. The third kappa shape index (κ3) is 7.62. The Morgan fingerprint density at radius 3 is 1.88 bits per heavy atom. The average Bonchev–Trinajstić information content (AvgIpc) is 2.91. The molecule has 0 aromatic heterocycles. The lowest BCUT2D eigenvalue weighted by atomic mass is 9.76. The highest BCUT2D eigenvalue weighted by molar-refractivity contribution is 7.48. The van der Waals surface area contributed by atoms with Crippen LogP contribution in [0.1, 0.15) is 126 Å². The zero-order valence-electron chi connectivity index (χ0n) is 27.9. The van der Waals surface area contributed by atoms with Crippen LogP contribution in [0.25, 0.3) is 0 Å². The third-order valence-corrected chi connectivity index (χ3v) is 10.8. The van der Waals surface area contributed by atoms with Crippen LogP contribution in [0.15, 0.2) is 42.5 Å². The molecular formula is C38H54FOP. The first-order valence-corrected chi connectivity index (χ1v) is 16.4. The zero-order chi connectivity index (χ0) is 30.8. The standard InChI is InChI=1S/C38H54FOP/c1-13-14-18-21-38(12,41-35-28(5)26(3)25(2)27(4)33(35)39)32-23-30(36(6,7)8)22-31(37(9,10)11)34(32)40-24-29-19-16-15-17-20-29/h15-17,19-20,22-23,41H,13-14,18,21,24H2,1-12H3. The zero-order valence-corrected chi connectivity index (χ0v) is 28.9. The Morgan fingerprint density at radius 2 is 1.32 bits per heavy atom. The van der Waals surface area contributed by atoms with Crippen molar-refractivity contribution in [1.29, 1.82) is 0 Å². The lowest BCUT2D eigenvalue weighted by molar-refractivity contribution is 0.290. The molecule has 224 valence electrons.